The van der Waals surface area contributed by atoms with Crippen LogP contribution in [0, 0.1) is 0 Å². The van der Waals surface area contributed by atoms with Gasteiger partial charge in [-0.15, -0.1) is 0 Å². The number of nitrogens with zero attached hydrogens (tertiary/aromatic N) is 2. The number of aliphatic hydroxyl groups is 1. The van der Waals surface area contributed by atoms with E-state index in [1.165, 1.54) is 29.1 Å². The van der Waals surface area contributed by atoms with Crippen molar-refractivity contribution >= 4 is 17.2 Å². The molecule has 0 fully saturated rings. The molecule has 0 radical (unpaired) electrons. The van der Waals surface area contributed by atoms with E-state index in [1.807, 2.05) is 6.07 Å². The van der Waals surface area contributed by atoms with Crippen LogP contribution in [0.25, 0.3) is 5.65 Å². The number of hydrogen-bond acceptors (Lipinski definition) is 5. The second-order valence-corrected chi connectivity index (χ2v) is 6.13. The monoisotopic (exact) mass is 353 g/mol. The summed E-state index contributed by atoms with van der Waals surface area (Å²) in [6.45, 7) is -0.390. The average molecular weight is 353 g/mol. The Kier molecular flexibility index (Phi) is 4.95. The summed E-state index contributed by atoms with van der Waals surface area (Å²) in [4.78, 5) is 17.2. The summed E-state index contributed by atoms with van der Waals surface area (Å²) < 4.78 is 6.70. The molecule has 2 heterocycles. The minimum Gasteiger partial charge on any atom is -0.493 e. The zero-order valence-electron chi connectivity index (χ0n) is 14.0. The minimum absolute atomic E-state index is 0. The van der Waals surface area contributed by atoms with E-state index in [-0.39, 0.29) is 25.2 Å². The number of nitrogens with one attached hydrogen (secondary N) is 1. The minimum atomic E-state index is -0.390. The van der Waals surface area contributed by atoms with Gasteiger partial charge >= 0.3 is 0 Å². The second-order valence-electron chi connectivity index (χ2n) is 6.13. The molecule has 136 valence electrons. The lowest BCUT2D eigenvalue weighted by Crippen LogP contribution is -2.22. The smallest absolute Gasteiger partial charge is 0.265 e. The lowest BCUT2D eigenvalue weighted by Gasteiger charge is -2.13. The van der Waals surface area contributed by atoms with Gasteiger partial charge in [-0.25, -0.2) is 4.98 Å². The quantitative estimate of drug-likeness (QED) is 0.754. The van der Waals surface area contributed by atoms with Crippen molar-refractivity contribution in [3.63, 3.8) is 0 Å². The van der Waals surface area contributed by atoms with E-state index >= 15 is 0 Å². The number of hydrogen-bond donors (Lipinski definition) is 2. The van der Waals surface area contributed by atoms with Crippen molar-refractivity contribution < 1.29 is 9.84 Å². The first-order valence-electron chi connectivity index (χ1n) is 8.29. The number of benzene rings is 1. The van der Waals surface area contributed by atoms with Crippen LogP contribution in [0.2, 0.25) is 0 Å². The molecular weight excluding hydrogens is 330 g/mol. The van der Waals surface area contributed by atoms with E-state index in [2.05, 4.69) is 22.4 Å². The summed E-state index contributed by atoms with van der Waals surface area (Å²) in [5.74, 6) is 0.857. The molecule has 1 aliphatic rings. The van der Waals surface area contributed by atoms with Crippen molar-refractivity contribution in [3.8, 4) is 5.75 Å². The van der Waals surface area contributed by atoms with Crippen LogP contribution in [0.15, 0.2) is 41.3 Å². The normalized spacial score (nSPS) is 12.5. The molecule has 0 spiro atoms. The summed E-state index contributed by atoms with van der Waals surface area (Å²) in [6, 6.07) is 9.65. The fraction of sp³-hybridized carbons (Fsp3) is 0.300. The molecule has 1 aromatic carbocycles. The molecule has 2 N–H and O–H groups in total. The van der Waals surface area contributed by atoms with Gasteiger partial charge in [0.05, 0.1) is 19.3 Å². The highest BCUT2D eigenvalue weighted by Crippen LogP contribution is 2.27. The van der Waals surface area contributed by atoms with Crippen LogP contribution in [-0.4, -0.2) is 21.6 Å². The topological polar surface area (TPSA) is 75.9 Å². The average Bonchev–Trinajstić information content (AvgIpc) is 3.09. The van der Waals surface area contributed by atoms with Gasteiger partial charge in [0.25, 0.3) is 5.56 Å². The lowest BCUT2D eigenvalue weighted by molar-refractivity contribution is 0.280. The molecule has 0 atom stereocenters. The number of aliphatic hydroxyl groups excluding tert-OH is 1. The Hall–Kier alpha value is -2.86. The van der Waals surface area contributed by atoms with Gasteiger partial charge in [0.1, 0.15) is 5.82 Å². The van der Waals surface area contributed by atoms with Gasteiger partial charge in [-0.1, -0.05) is 13.5 Å². The largest absolute Gasteiger partial charge is 0.493 e. The Bertz CT molecular complexity index is 1010. The third kappa shape index (κ3) is 2.93. The van der Waals surface area contributed by atoms with Crippen LogP contribution in [0.1, 0.15) is 30.5 Å². The maximum absolute atomic E-state index is 12.7. The molecule has 0 unspecified atom stereocenters. The maximum atomic E-state index is 12.7. The fourth-order valence-electron chi connectivity index (χ4n) is 3.36. The van der Waals surface area contributed by atoms with E-state index in [4.69, 9.17) is 4.74 Å². The van der Waals surface area contributed by atoms with Crippen LogP contribution in [0.5, 0.6) is 5.75 Å². The molecule has 2 aromatic heterocycles. The van der Waals surface area contributed by atoms with Crippen molar-refractivity contribution in [3.05, 3.63) is 63.6 Å². The predicted molar refractivity (Wildman–Crippen MR) is 102 cm³/mol. The first-order chi connectivity index (χ1) is 12.2. The number of aryl methyl sites for hydroxylation is 2. The van der Waals surface area contributed by atoms with Crippen molar-refractivity contribution in [2.45, 2.75) is 33.3 Å². The number of pyridine rings is 1. The third-order valence-corrected chi connectivity index (χ3v) is 4.65. The van der Waals surface area contributed by atoms with Gasteiger partial charge in [0.2, 0.25) is 0 Å². The van der Waals surface area contributed by atoms with Crippen LogP contribution in [0.4, 0.5) is 11.5 Å². The van der Waals surface area contributed by atoms with Gasteiger partial charge < -0.3 is 15.2 Å². The Morgan fingerprint density at radius 3 is 2.85 bits per heavy atom. The van der Waals surface area contributed by atoms with E-state index in [0.29, 0.717) is 17.2 Å². The van der Waals surface area contributed by atoms with Crippen molar-refractivity contribution in [2.75, 3.05) is 12.4 Å². The molecule has 0 amide bonds. The van der Waals surface area contributed by atoms with Crippen molar-refractivity contribution in [2.24, 2.45) is 0 Å². The highest BCUT2D eigenvalue weighted by molar-refractivity contribution is 5.65. The number of ether oxygens (including phenoxy) is 1. The Morgan fingerprint density at radius 2 is 2.08 bits per heavy atom. The van der Waals surface area contributed by atoms with Gasteiger partial charge in [-0.2, -0.15) is 0 Å². The Labute approximate surface area is 152 Å². The molecule has 0 saturated carbocycles. The van der Waals surface area contributed by atoms with E-state index in [1.54, 1.807) is 18.3 Å². The molecule has 0 aliphatic heterocycles. The molecule has 4 rings (SSSR count). The summed E-state index contributed by atoms with van der Waals surface area (Å²) in [5, 5.41) is 12.9. The fourth-order valence-corrected chi connectivity index (χ4v) is 3.36. The summed E-state index contributed by atoms with van der Waals surface area (Å²) in [6.07, 6.45) is 4.97. The van der Waals surface area contributed by atoms with Gasteiger partial charge in [-0.3, -0.25) is 9.20 Å². The Balaban J connectivity index is 0.00000196. The van der Waals surface area contributed by atoms with Gasteiger partial charge in [0.15, 0.2) is 11.4 Å². The standard InChI is InChI=1S/C19H19N3O3.CH4/c1-25-16-6-3-9-22-18(16)21-17(15(11-23)19(22)24)20-14-8-7-12-4-2-5-13(12)10-14;/h3,6-10,20,23H,2,4-5,11H2,1H3;1H4. The summed E-state index contributed by atoms with van der Waals surface area (Å²) in [7, 11) is 1.54. The van der Waals surface area contributed by atoms with Crippen LogP contribution in [-0.2, 0) is 19.4 Å². The van der Waals surface area contributed by atoms with Crippen molar-refractivity contribution in [1.29, 1.82) is 0 Å². The number of aromatic nitrogens is 2. The SMILES string of the molecule is C.COc1cccn2c(=O)c(CO)c(Nc3ccc4c(c3)CCC4)nc12. The van der Waals surface area contributed by atoms with Gasteiger partial charge in [0, 0.05) is 11.9 Å². The molecule has 6 heteroatoms. The number of methoxy groups -OCH3 is 1. The van der Waals surface area contributed by atoms with Crippen LogP contribution < -0.4 is 15.6 Å². The summed E-state index contributed by atoms with van der Waals surface area (Å²) >= 11 is 0. The highest BCUT2D eigenvalue weighted by atomic mass is 16.5. The lowest BCUT2D eigenvalue weighted by atomic mass is 10.1. The van der Waals surface area contributed by atoms with E-state index < -0.39 is 0 Å². The van der Waals surface area contributed by atoms with Gasteiger partial charge in [-0.05, 0) is 54.7 Å². The second kappa shape index (κ2) is 7.17. The molecule has 1 aliphatic carbocycles. The third-order valence-electron chi connectivity index (χ3n) is 4.65. The molecule has 3 aromatic rings. The number of rotatable bonds is 4. The summed E-state index contributed by atoms with van der Waals surface area (Å²) in [5.41, 5.74) is 3.89. The van der Waals surface area contributed by atoms with Crippen LogP contribution >= 0.6 is 0 Å². The first kappa shape index (κ1) is 17.9. The predicted octanol–water partition coefficient (Wildman–Crippen LogP) is 3.06. The molecular formula is C20H23N3O3. The molecule has 26 heavy (non-hydrogen) atoms. The Morgan fingerprint density at radius 1 is 1.27 bits per heavy atom. The van der Waals surface area contributed by atoms with E-state index in [0.717, 1.165) is 18.5 Å². The van der Waals surface area contributed by atoms with E-state index in [9.17, 15) is 9.90 Å². The molecule has 6 nitrogen and oxygen atoms in total. The zero-order chi connectivity index (χ0) is 17.4. The number of anilines is 2. The first-order valence-corrected chi connectivity index (χ1v) is 8.29. The zero-order valence-corrected chi connectivity index (χ0v) is 14.0. The molecule has 0 saturated heterocycles. The molecule has 0 bridgehead atoms. The van der Waals surface area contributed by atoms with Crippen LogP contribution in [0.3, 0.4) is 0 Å². The highest BCUT2D eigenvalue weighted by Gasteiger charge is 2.16. The maximum Gasteiger partial charge on any atom is 0.265 e. The number of fused-ring (bicyclic) bond motifs is 2. The van der Waals surface area contributed by atoms with Crippen molar-refractivity contribution in [1.82, 2.24) is 9.38 Å².